The molecule has 0 saturated carbocycles. The maximum absolute atomic E-state index is 12.2. The van der Waals surface area contributed by atoms with Crippen molar-refractivity contribution in [1.29, 1.82) is 0 Å². The molecule has 0 saturated heterocycles. The summed E-state index contributed by atoms with van der Waals surface area (Å²) in [5.41, 5.74) is 2.23. The molecule has 0 bridgehead atoms. The number of amides is 2. The Morgan fingerprint density at radius 2 is 2.00 bits per heavy atom. The molecule has 1 atom stereocenters. The SMILES string of the molecule is Cc1nn(C)c(C)c1NC(=O)CNC(=O)[C@H]1COc2ccccc2O1. The van der Waals surface area contributed by atoms with Gasteiger partial charge in [0.15, 0.2) is 11.5 Å². The van der Waals surface area contributed by atoms with Crippen LogP contribution < -0.4 is 20.1 Å². The van der Waals surface area contributed by atoms with Crippen molar-refractivity contribution in [3.8, 4) is 11.5 Å². The molecule has 1 aromatic heterocycles. The van der Waals surface area contributed by atoms with Crippen LogP contribution in [-0.4, -0.2) is 40.9 Å². The first-order valence-corrected chi connectivity index (χ1v) is 7.92. The number of ether oxygens (including phenoxy) is 2. The van der Waals surface area contributed by atoms with Crippen molar-refractivity contribution in [2.45, 2.75) is 20.0 Å². The van der Waals surface area contributed by atoms with Gasteiger partial charge in [0.1, 0.15) is 6.61 Å². The molecule has 0 fully saturated rings. The molecule has 2 aromatic rings. The number of fused-ring (bicyclic) bond motifs is 1. The second-order valence-corrected chi connectivity index (χ2v) is 5.80. The Balaban J connectivity index is 1.53. The summed E-state index contributed by atoms with van der Waals surface area (Å²) in [6, 6.07) is 7.13. The van der Waals surface area contributed by atoms with Crippen molar-refractivity contribution in [3.05, 3.63) is 35.7 Å². The van der Waals surface area contributed by atoms with Crippen LogP contribution in [0.5, 0.6) is 11.5 Å². The summed E-state index contributed by atoms with van der Waals surface area (Å²) < 4.78 is 12.8. The van der Waals surface area contributed by atoms with Crippen molar-refractivity contribution in [2.24, 2.45) is 7.05 Å². The lowest BCUT2D eigenvalue weighted by molar-refractivity contribution is -0.131. The summed E-state index contributed by atoms with van der Waals surface area (Å²) in [6.07, 6.45) is -0.787. The van der Waals surface area contributed by atoms with E-state index in [1.165, 1.54) is 0 Å². The van der Waals surface area contributed by atoms with E-state index in [1.807, 2.05) is 19.9 Å². The summed E-state index contributed by atoms with van der Waals surface area (Å²) in [4.78, 5) is 24.3. The molecule has 2 amide bonds. The van der Waals surface area contributed by atoms with Crippen molar-refractivity contribution >= 4 is 17.5 Å². The predicted molar refractivity (Wildman–Crippen MR) is 90.7 cm³/mol. The number of nitrogens with zero attached hydrogens (tertiary/aromatic N) is 2. The minimum atomic E-state index is -0.787. The first-order chi connectivity index (χ1) is 12.0. The van der Waals surface area contributed by atoms with E-state index >= 15 is 0 Å². The molecule has 2 N–H and O–H groups in total. The third kappa shape index (κ3) is 3.57. The van der Waals surface area contributed by atoms with E-state index in [0.717, 1.165) is 11.4 Å². The van der Waals surface area contributed by atoms with E-state index in [-0.39, 0.29) is 19.1 Å². The van der Waals surface area contributed by atoms with Gasteiger partial charge in [-0.3, -0.25) is 14.3 Å². The minimum absolute atomic E-state index is 0.102. The smallest absolute Gasteiger partial charge is 0.265 e. The topological polar surface area (TPSA) is 94.5 Å². The van der Waals surface area contributed by atoms with Crippen molar-refractivity contribution in [2.75, 3.05) is 18.5 Å². The fourth-order valence-corrected chi connectivity index (χ4v) is 2.57. The van der Waals surface area contributed by atoms with E-state index in [2.05, 4.69) is 15.7 Å². The summed E-state index contributed by atoms with van der Waals surface area (Å²) in [5, 5.41) is 9.56. The molecule has 0 spiro atoms. The Hall–Kier alpha value is -3.03. The van der Waals surface area contributed by atoms with E-state index in [0.29, 0.717) is 17.2 Å². The number of rotatable bonds is 4. The van der Waals surface area contributed by atoms with Gasteiger partial charge >= 0.3 is 0 Å². The van der Waals surface area contributed by atoms with Gasteiger partial charge in [-0.15, -0.1) is 0 Å². The molecular weight excluding hydrogens is 324 g/mol. The summed E-state index contributed by atoms with van der Waals surface area (Å²) in [7, 11) is 1.80. The number of carbonyl (C=O) groups excluding carboxylic acids is 2. The maximum Gasteiger partial charge on any atom is 0.265 e. The van der Waals surface area contributed by atoms with Crippen LogP contribution in [0.3, 0.4) is 0 Å². The molecular formula is C17H20N4O4. The molecule has 0 unspecified atom stereocenters. The first kappa shape index (κ1) is 16.8. The van der Waals surface area contributed by atoms with Gasteiger partial charge in [0, 0.05) is 7.05 Å². The van der Waals surface area contributed by atoms with Gasteiger partial charge in [-0.25, -0.2) is 0 Å². The van der Waals surface area contributed by atoms with E-state index in [1.54, 1.807) is 29.9 Å². The van der Waals surface area contributed by atoms with E-state index < -0.39 is 12.0 Å². The van der Waals surface area contributed by atoms with Crippen molar-refractivity contribution < 1.29 is 19.1 Å². The quantitative estimate of drug-likeness (QED) is 0.860. The van der Waals surface area contributed by atoms with Gasteiger partial charge < -0.3 is 20.1 Å². The zero-order valence-corrected chi connectivity index (χ0v) is 14.3. The number of carbonyl (C=O) groups is 2. The van der Waals surface area contributed by atoms with Crippen LogP contribution >= 0.6 is 0 Å². The molecule has 8 nitrogen and oxygen atoms in total. The monoisotopic (exact) mass is 344 g/mol. The number of hydrogen-bond acceptors (Lipinski definition) is 5. The number of nitrogens with one attached hydrogen (secondary N) is 2. The van der Waals surface area contributed by atoms with Gasteiger partial charge in [0.05, 0.1) is 23.6 Å². The van der Waals surface area contributed by atoms with Gasteiger partial charge in [0.25, 0.3) is 5.91 Å². The molecule has 0 aliphatic carbocycles. The number of aromatic nitrogens is 2. The largest absolute Gasteiger partial charge is 0.485 e. The molecule has 1 aliphatic rings. The van der Waals surface area contributed by atoms with Crippen LogP contribution in [-0.2, 0) is 16.6 Å². The lowest BCUT2D eigenvalue weighted by Gasteiger charge is -2.25. The molecule has 1 aromatic carbocycles. The number of hydrogen-bond donors (Lipinski definition) is 2. The third-order valence-corrected chi connectivity index (χ3v) is 4.00. The highest BCUT2D eigenvalue weighted by molar-refractivity contribution is 5.96. The fourth-order valence-electron chi connectivity index (χ4n) is 2.57. The van der Waals surface area contributed by atoms with Gasteiger partial charge in [-0.2, -0.15) is 5.10 Å². The lowest BCUT2D eigenvalue weighted by atomic mass is 10.2. The predicted octanol–water partition coefficient (Wildman–Crippen LogP) is 0.932. The standard InChI is InChI=1S/C17H20N4O4/c1-10-16(11(2)21(3)20-10)19-15(22)8-18-17(23)14-9-24-12-6-4-5-7-13(12)25-14/h4-7,14H,8-9H2,1-3H3,(H,18,23)(H,19,22)/t14-/m1/s1. The van der Waals surface area contributed by atoms with Crippen molar-refractivity contribution in [1.82, 2.24) is 15.1 Å². The molecule has 8 heteroatoms. The van der Waals surface area contributed by atoms with E-state index in [4.69, 9.17) is 9.47 Å². The molecule has 25 heavy (non-hydrogen) atoms. The summed E-state index contributed by atoms with van der Waals surface area (Å²) >= 11 is 0. The molecule has 2 heterocycles. The Morgan fingerprint density at radius 3 is 2.68 bits per heavy atom. The van der Waals surface area contributed by atoms with Crippen LogP contribution in [0.25, 0.3) is 0 Å². The van der Waals surface area contributed by atoms with Crippen LogP contribution in [0.2, 0.25) is 0 Å². The number of aryl methyl sites for hydroxylation is 2. The van der Waals surface area contributed by atoms with Crippen LogP contribution in [0.15, 0.2) is 24.3 Å². The average molecular weight is 344 g/mol. The zero-order valence-electron chi connectivity index (χ0n) is 14.3. The Kier molecular flexibility index (Phi) is 4.60. The number of benzene rings is 1. The number of para-hydroxylation sites is 2. The second-order valence-electron chi connectivity index (χ2n) is 5.80. The van der Waals surface area contributed by atoms with Gasteiger partial charge in [-0.05, 0) is 26.0 Å². The molecule has 3 rings (SSSR count). The average Bonchev–Trinajstić information content (AvgIpc) is 2.85. The first-order valence-electron chi connectivity index (χ1n) is 7.92. The van der Waals surface area contributed by atoms with Crippen LogP contribution in [0, 0.1) is 13.8 Å². The zero-order chi connectivity index (χ0) is 18.0. The van der Waals surface area contributed by atoms with Gasteiger partial charge in [0.2, 0.25) is 12.0 Å². The minimum Gasteiger partial charge on any atom is -0.485 e. The second kappa shape index (κ2) is 6.84. The fraction of sp³-hybridized carbons (Fsp3) is 0.353. The Morgan fingerprint density at radius 1 is 1.28 bits per heavy atom. The highest BCUT2D eigenvalue weighted by Crippen LogP contribution is 2.30. The van der Waals surface area contributed by atoms with Crippen LogP contribution in [0.1, 0.15) is 11.4 Å². The van der Waals surface area contributed by atoms with Gasteiger partial charge in [-0.1, -0.05) is 12.1 Å². The molecule has 132 valence electrons. The van der Waals surface area contributed by atoms with Crippen molar-refractivity contribution in [3.63, 3.8) is 0 Å². The van der Waals surface area contributed by atoms with E-state index in [9.17, 15) is 9.59 Å². The molecule has 0 radical (unpaired) electrons. The third-order valence-electron chi connectivity index (χ3n) is 4.00. The summed E-state index contributed by atoms with van der Waals surface area (Å²) in [5.74, 6) is 0.390. The lowest BCUT2D eigenvalue weighted by Crippen LogP contribution is -2.46. The highest BCUT2D eigenvalue weighted by Gasteiger charge is 2.27. The molecule has 1 aliphatic heterocycles. The Bertz CT molecular complexity index is 815. The van der Waals surface area contributed by atoms with Crippen LogP contribution in [0.4, 0.5) is 5.69 Å². The normalized spacial score (nSPS) is 15.6. The maximum atomic E-state index is 12.2. The Labute approximate surface area is 145 Å². The summed E-state index contributed by atoms with van der Waals surface area (Å²) in [6.45, 7) is 3.62. The number of anilines is 1. The highest BCUT2D eigenvalue weighted by atomic mass is 16.6.